The van der Waals surface area contributed by atoms with Crippen molar-refractivity contribution in [2.24, 2.45) is 5.16 Å². The average molecular weight is 422 g/mol. The summed E-state index contributed by atoms with van der Waals surface area (Å²) < 4.78 is 0. The highest BCUT2D eigenvalue weighted by molar-refractivity contribution is 5.99. The van der Waals surface area contributed by atoms with Gasteiger partial charge in [-0.15, -0.1) is 0 Å². The SMILES string of the molecule is CCC(=O)Nc1ccc(C(C)=NOCC(=O)Nc2cccc(C(=O)NC3CC3)c2)cc1. The Balaban J connectivity index is 1.48. The van der Waals surface area contributed by atoms with Crippen LogP contribution >= 0.6 is 0 Å². The van der Waals surface area contributed by atoms with Gasteiger partial charge in [0, 0.05) is 29.4 Å². The largest absolute Gasteiger partial charge is 0.385 e. The summed E-state index contributed by atoms with van der Waals surface area (Å²) in [6.07, 6.45) is 2.44. The number of carbonyl (C=O) groups is 3. The van der Waals surface area contributed by atoms with Crippen LogP contribution in [0.5, 0.6) is 0 Å². The van der Waals surface area contributed by atoms with Gasteiger partial charge in [0.05, 0.1) is 5.71 Å². The van der Waals surface area contributed by atoms with Crippen molar-refractivity contribution in [3.8, 4) is 0 Å². The highest BCUT2D eigenvalue weighted by Gasteiger charge is 2.23. The molecule has 0 spiro atoms. The summed E-state index contributed by atoms with van der Waals surface area (Å²) in [5, 5.41) is 12.4. The number of rotatable bonds is 9. The molecule has 0 bridgehead atoms. The van der Waals surface area contributed by atoms with E-state index in [1.54, 1.807) is 50.2 Å². The third-order valence-electron chi connectivity index (χ3n) is 4.63. The van der Waals surface area contributed by atoms with Gasteiger partial charge in [0.2, 0.25) is 5.91 Å². The first-order chi connectivity index (χ1) is 14.9. The van der Waals surface area contributed by atoms with Gasteiger partial charge in [-0.1, -0.05) is 30.3 Å². The quantitative estimate of drug-likeness (QED) is 0.425. The van der Waals surface area contributed by atoms with Gasteiger partial charge in [0.15, 0.2) is 6.61 Å². The van der Waals surface area contributed by atoms with E-state index in [0.29, 0.717) is 29.1 Å². The molecule has 0 unspecified atom stereocenters. The van der Waals surface area contributed by atoms with Crippen LogP contribution in [-0.4, -0.2) is 36.1 Å². The monoisotopic (exact) mass is 422 g/mol. The first-order valence-corrected chi connectivity index (χ1v) is 10.2. The fraction of sp³-hybridized carbons (Fsp3) is 0.304. The van der Waals surface area contributed by atoms with Crippen molar-refractivity contribution < 1.29 is 19.2 Å². The Labute approximate surface area is 181 Å². The number of benzene rings is 2. The van der Waals surface area contributed by atoms with Crippen molar-refractivity contribution in [3.05, 3.63) is 59.7 Å². The van der Waals surface area contributed by atoms with Gasteiger partial charge in [0.1, 0.15) is 0 Å². The highest BCUT2D eigenvalue weighted by Crippen LogP contribution is 2.20. The van der Waals surface area contributed by atoms with Crippen LogP contribution in [0.1, 0.15) is 49.0 Å². The molecule has 0 atom stereocenters. The molecule has 1 aliphatic carbocycles. The lowest BCUT2D eigenvalue weighted by atomic mass is 10.1. The molecule has 31 heavy (non-hydrogen) atoms. The highest BCUT2D eigenvalue weighted by atomic mass is 16.6. The van der Waals surface area contributed by atoms with Crippen molar-refractivity contribution in [1.29, 1.82) is 0 Å². The summed E-state index contributed by atoms with van der Waals surface area (Å²) in [5.74, 6) is -0.578. The Morgan fingerprint density at radius 1 is 0.968 bits per heavy atom. The van der Waals surface area contributed by atoms with Gasteiger partial charge in [0.25, 0.3) is 11.8 Å². The molecule has 1 aliphatic rings. The summed E-state index contributed by atoms with van der Waals surface area (Å²) in [5.41, 5.74) is 3.13. The molecule has 1 saturated carbocycles. The predicted octanol–water partition coefficient (Wildman–Crippen LogP) is 3.31. The van der Waals surface area contributed by atoms with Crippen LogP contribution in [0.25, 0.3) is 0 Å². The molecule has 3 N–H and O–H groups in total. The molecule has 1 fully saturated rings. The third kappa shape index (κ3) is 6.95. The molecule has 0 heterocycles. The van der Waals surface area contributed by atoms with E-state index in [1.807, 2.05) is 12.1 Å². The molecule has 162 valence electrons. The molecule has 0 aliphatic heterocycles. The maximum absolute atomic E-state index is 12.1. The van der Waals surface area contributed by atoms with E-state index in [2.05, 4.69) is 21.1 Å². The number of hydrogen-bond donors (Lipinski definition) is 3. The topological polar surface area (TPSA) is 109 Å². The minimum Gasteiger partial charge on any atom is -0.385 e. The molecule has 2 aromatic rings. The van der Waals surface area contributed by atoms with Gasteiger partial charge < -0.3 is 20.8 Å². The van der Waals surface area contributed by atoms with Crippen LogP contribution in [-0.2, 0) is 14.4 Å². The number of nitrogens with one attached hydrogen (secondary N) is 3. The number of nitrogens with zero attached hydrogens (tertiary/aromatic N) is 1. The molecular formula is C23H26N4O4. The predicted molar refractivity (Wildman–Crippen MR) is 119 cm³/mol. The van der Waals surface area contributed by atoms with Gasteiger partial charge >= 0.3 is 0 Å². The lowest BCUT2D eigenvalue weighted by Gasteiger charge is -2.08. The lowest BCUT2D eigenvalue weighted by molar-refractivity contribution is -0.120. The van der Waals surface area contributed by atoms with Crippen LogP contribution in [0.4, 0.5) is 11.4 Å². The minimum atomic E-state index is -0.381. The van der Waals surface area contributed by atoms with Crippen LogP contribution in [0.2, 0.25) is 0 Å². The summed E-state index contributed by atoms with van der Waals surface area (Å²) in [6.45, 7) is 3.29. The number of hydrogen-bond acceptors (Lipinski definition) is 5. The van der Waals surface area contributed by atoms with Crippen LogP contribution < -0.4 is 16.0 Å². The first kappa shape index (κ1) is 22.0. The number of amides is 3. The lowest BCUT2D eigenvalue weighted by Crippen LogP contribution is -2.25. The maximum atomic E-state index is 12.1. The summed E-state index contributed by atoms with van der Waals surface area (Å²) in [6, 6.07) is 14.2. The Kier molecular flexibility index (Phi) is 7.37. The fourth-order valence-electron chi connectivity index (χ4n) is 2.72. The molecule has 3 rings (SSSR count). The Bertz CT molecular complexity index is 981. The van der Waals surface area contributed by atoms with Crippen LogP contribution in [0.3, 0.4) is 0 Å². The zero-order chi connectivity index (χ0) is 22.2. The molecule has 0 saturated heterocycles. The van der Waals surface area contributed by atoms with E-state index in [0.717, 1.165) is 18.4 Å². The third-order valence-corrected chi connectivity index (χ3v) is 4.63. The molecule has 0 radical (unpaired) electrons. The normalized spacial score (nSPS) is 13.3. The molecule has 8 nitrogen and oxygen atoms in total. The smallest absolute Gasteiger partial charge is 0.265 e. The Hall–Kier alpha value is -3.68. The molecular weight excluding hydrogens is 396 g/mol. The number of oxime groups is 1. The molecule has 2 aromatic carbocycles. The van der Waals surface area contributed by atoms with E-state index in [9.17, 15) is 14.4 Å². The Morgan fingerprint density at radius 3 is 2.35 bits per heavy atom. The van der Waals surface area contributed by atoms with Crippen molar-refractivity contribution in [2.75, 3.05) is 17.2 Å². The van der Waals surface area contributed by atoms with Crippen LogP contribution in [0.15, 0.2) is 53.7 Å². The van der Waals surface area contributed by atoms with E-state index < -0.39 is 0 Å². The van der Waals surface area contributed by atoms with Crippen molar-refractivity contribution in [1.82, 2.24) is 5.32 Å². The Morgan fingerprint density at radius 2 is 1.68 bits per heavy atom. The molecule has 3 amide bonds. The van der Waals surface area contributed by atoms with Crippen molar-refractivity contribution in [3.63, 3.8) is 0 Å². The standard InChI is InChI=1S/C23H26N4O4/c1-3-21(28)24-18-9-7-16(8-10-18)15(2)27-31-14-22(29)25-20-6-4-5-17(13-20)23(30)26-19-11-12-19/h4-10,13,19H,3,11-12,14H2,1-2H3,(H,24,28)(H,25,29)(H,26,30). The first-order valence-electron chi connectivity index (χ1n) is 10.2. The van der Waals surface area contributed by atoms with E-state index in [-0.39, 0.29) is 30.4 Å². The van der Waals surface area contributed by atoms with E-state index >= 15 is 0 Å². The summed E-state index contributed by atoms with van der Waals surface area (Å²) >= 11 is 0. The molecule has 0 aromatic heterocycles. The number of anilines is 2. The van der Waals surface area contributed by atoms with Gasteiger partial charge in [-0.2, -0.15) is 0 Å². The van der Waals surface area contributed by atoms with Gasteiger partial charge in [-0.3, -0.25) is 14.4 Å². The van der Waals surface area contributed by atoms with E-state index in [1.165, 1.54) is 0 Å². The molecule has 8 heteroatoms. The minimum absolute atomic E-state index is 0.0541. The van der Waals surface area contributed by atoms with Gasteiger partial charge in [-0.25, -0.2) is 0 Å². The summed E-state index contributed by atoms with van der Waals surface area (Å²) in [7, 11) is 0. The maximum Gasteiger partial charge on any atom is 0.265 e. The second kappa shape index (κ2) is 10.4. The fourth-order valence-corrected chi connectivity index (χ4v) is 2.72. The van der Waals surface area contributed by atoms with Crippen molar-refractivity contribution >= 4 is 34.8 Å². The summed E-state index contributed by atoms with van der Waals surface area (Å²) in [4.78, 5) is 40.8. The second-order valence-electron chi connectivity index (χ2n) is 7.31. The zero-order valence-electron chi connectivity index (χ0n) is 17.6. The number of carbonyl (C=O) groups excluding carboxylic acids is 3. The average Bonchev–Trinajstić information content (AvgIpc) is 3.58. The second-order valence-corrected chi connectivity index (χ2v) is 7.31. The van der Waals surface area contributed by atoms with Crippen LogP contribution in [0, 0.1) is 0 Å². The zero-order valence-corrected chi connectivity index (χ0v) is 17.6. The van der Waals surface area contributed by atoms with E-state index in [4.69, 9.17) is 4.84 Å². The van der Waals surface area contributed by atoms with Gasteiger partial charge in [-0.05, 0) is 55.7 Å². The van der Waals surface area contributed by atoms with Crippen molar-refractivity contribution in [2.45, 2.75) is 39.2 Å².